The summed E-state index contributed by atoms with van der Waals surface area (Å²) < 4.78 is 2.94. The van der Waals surface area contributed by atoms with Crippen LogP contribution in [0, 0.1) is 5.92 Å². The second-order valence-corrected chi connectivity index (χ2v) is 6.74. The third-order valence-electron chi connectivity index (χ3n) is 4.09. The van der Waals surface area contributed by atoms with Crippen molar-refractivity contribution in [2.45, 2.75) is 19.4 Å². The van der Waals surface area contributed by atoms with Gasteiger partial charge in [-0.05, 0) is 30.7 Å². The van der Waals surface area contributed by atoms with Crippen LogP contribution in [-0.4, -0.2) is 34.5 Å². The van der Waals surface area contributed by atoms with Crippen molar-refractivity contribution in [2.24, 2.45) is 5.92 Å². The second kappa shape index (κ2) is 7.61. The molecule has 1 aromatic carbocycles. The minimum Gasteiger partial charge on any atom is -0.356 e. The molecule has 1 fully saturated rings. The maximum Gasteiger partial charge on any atom is 0.227 e. The molecule has 24 heavy (non-hydrogen) atoms. The molecular weight excluding hydrogens is 372 g/mol. The number of aryl methyl sites for hydroxylation is 1. The van der Waals surface area contributed by atoms with Crippen molar-refractivity contribution in [3.63, 3.8) is 0 Å². The van der Waals surface area contributed by atoms with Gasteiger partial charge in [0, 0.05) is 48.6 Å². The molecule has 2 heterocycles. The summed E-state index contributed by atoms with van der Waals surface area (Å²) in [5.74, 6) is -0.334. The Morgan fingerprint density at radius 1 is 1.33 bits per heavy atom. The highest BCUT2D eigenvalue weighted by Gasteiger charge is 2.34. The number of nitrogens with zero attached hydrogens (tertiary/aromatic N) is 3. The number of rotatable bonds is 6. The molecule has 126 valence electrons. The normalized spacial score (nSPS) is 17.3. The molecule has 1 aliphatic rings. The number of hydrogen-bond acceptors (Lipinski definition) is 3. The highest BCUT2D eigenvalue weighted by Crippen LogP contribution is 2.26. The summed E-state index contributed by atoms with van der Waals surface area (Å²) in [7, 11) is 0. The number of nitrogens with one attached hydrogen (secondary N) is 1. The van der Waals surface area contributed by atoms with Crippen LogP contribution >= 0.6 is 15.9 Å². The maximum absolute atomic E-state index is 12.3. The fourth-order valence-electron chi connectivity index (χ4n) is 2.79. The molecule has 1 saturated heterocycles. The van der Waals surface area contributed by atoms with E-state index in [2.05, 4.69) is 26.2 Å². The Balaban J connectivity index is 1.47. The number of carbonyl (C=O) groups is 2. The van der Waals surface area contributed by atoms with Gasteiger partial charge in [-0.25, -0.2) is 4.98 Å². The van der Waals surface area contributed by atoms with Crippen LogP contribution in [0.1, 0.15) is 12.8 Å². The number of hydrogen-bond donors (Lipinski definition) is 1. The second-order valence-electron chi connectivity index (χ2n) is 5.83. The van der Waals surface area contributed by atoms with E-state index < -0.39 is 0 Å². The van der Waals surface area contributed by atoms with Gasteiger partial charge in [0.15, 0.2) is 0 Å². The number of halogens is 1. The van der Waals surface area contributed by atoms with Gasteiger partial charge in [-0.1, -0.05) is 15.9 Å². The molecule has 2 aromatic rings. The zero-order valence-electron chi connectivity index (χ0n) is 13.2. The predicted molar refractivity (Wildman–Crippen MR) is 94.5 cm³/mol. The first kappa shape index (κ1) is 16.7. The Morgan fingerprint density at radius 2 is 2.12 bits per heavy atom. The molecular formula is C17H19BrN4O2. The van der Waals surface area contributed by atoms with Crippen LogP contribution in [0.2, 0.25) is 0 Å². The average molecular weight is 391 g/mol. The monoisotopic (exact) mass is 390 g/mol. The molecule has 1 aliphatic heterocycles. The fourth-order valence-corrected chi connectivity index (χ4v) is 3.05. The Morgan fingerprint density at radius 3 is 2.83 bits per heavy atom. The first-order valence-corrected chi connectivity index (χ1v) is 8.72. The number of carbonyl (C=O) groups excluding carboxylic acids is 2. The summed E-state index contributed by atoms with van der Waals surface area (Å²) in [6.45, 7) is 1.85. The van der Waals surface area contributed by atoms with Crippen molar-refractivity contribution in [3.8, 4) is 0 Å². The van der Waals surface area contributed by atoms with Crippen LogP contribution in [-0.2, 0) is 16.1 Å². The first-order valence-electron chi connectivity index (χ1n) is 7.93. The Kier molecular flexibility index (Phi) is 5.30. The number of amides is 2. The van der Waals surface area contributed by atoms with E-state index in [0.29, 0.717) is 13.1 Å². The van der Waals surface area contributed by atoms with E-state index in [1.807, 2.05) is 35.0 Å². The molecule has 1 N–H and O–H groups in total. The molecule has 6 nitrogen and oxygen atoms in total. The van der Waals surface area contributed by atoms with Crippen LogP contribution in [0.15, 0.2) is 47.5 Å². The summed E-state index contributed by atoms with van der Waals surface area (Å²) in [6.07, 6.45) is 6.49. The van der Waals surface area contributed by atoms with Crippen molar-refractivity contribution in [1.82, 2.24) is 14.9 Å². The van der Waals surface area contributed by atoms with Crippen LogP contribution in [0.4, 0.5) is 5.69 Å². The zero-order valence-corrected chi connectivity index (χ0v) is 14.8. The number of aromatic nitrogens is 2. The Labute approximate surface area is 149 Å². The molecule has 0 aliphatic carbocycles. The van der Waals surface area contributed by atoms with Gasteiger partial charge < -0.3 is 14.8 Å². The van der Waals surface area contributed by atoms with Crippen molar-refractivity contribution < 1.29 is 9.59 Å². The number of anilines is 1. The van der Waals surface area contributed by atoms with E-state index in [-0.39, 0.29) is 24.2 Å². The van der Waals surface area contributed by atoms with Crippen LogP contribution < -0.4 is 10.2 Å². The van der Waals surface area contributed by atoms with Crippen molar-refractivity contribution in [1.29, 1.82) is 0 Å². The fraction of sp³-hybridized carbons (Fsp3) is 0.353. The minimum absolute atomic E-state index is 0.00381. The molecule has 1 aromatic heterocycles. The average Bonchev–Trinajstić information content (AvgIpc) is 3.22. The van der Waals surface area contributed by atoms with E-state index >= 15 is 0 Å². The van der Waals surface area contributed by atoms with Crippen molar-refractivity contribution in [3.05, 3.63) is 47.5 Å². The van der Waals surface area contributed by atoms with Gasteiger partial charge in [0.1, 0.15) is 0 Å². The van der Waals surface area contributed by atoms with Gasteiger partial charge >= 0.3 is 0 Å². The first-order chi connectivity index (χ1) is 11.6. The van der Waals surface area contributed by atoms with Gasteiger partial charge in [-0.2, -0.15) is 0 Å². The summed E-state index contributed by atoms with van der Waals surface area (Å²) in [6, 6.07) is 7.55. The molecule has 0 saturated carbocycles. The molecule has 3 rings (SSSR count). The topological polar surface area (TPSA) is 67.2 Å². The van der Waals surface area contributed by atoms with E-state index in [0.717, 1.165) is 23.1 Å². The lowest BCUT2D eigenvalue weighted by Crippen LogP contribution is -2.33. The lowest BCUT2D eigenvalue weighted by molar-refractivity contribution is -0.126. The quantitative estimate of drug-likeness (QED) is 0.768. The highest BCUT2D eigenvalue weighted by atomic mass is 79.9. The highest BCUT2D eigenvalue weighted by molar-refractivity contribution is 9.10. The third kappa shape index (κ3) is 4.03. The van der Waals surface area contributed by atoms with E-state index in [9.17, 15) is 9.59 Å². The summed E-state index contributed by atoms with van der Waals surface area (Å²) in [4.78, 5) is 30.1. The SMILES string of the molecule is O=C(NCCCn1ccnc1)[C@@H]1CC(=O)N(c2ccc(Br)cc2)C1. The molecule has 0 unspecified atom stereocenters. The molecule has 1 atom stereocenters. The van der Waals surface area contributed by atoms with Crippen molar-refractivity contribution >= 4 is 33.4 Å². The molecule has 0 spiro atoms. The van der Waals surface area contributed by atoms with Crippen LogP contribution in [0.5, 0.6) is 0 Å². The summed E-state index contributed by atoms with van der Waals surface area (Å²) >= 11 is 3.38. The molecule has 7 heteroatoms. The third-order valence-corrected chi connectivity index (χ3v) is 4.61. The molecule has 0 bridgehead atoms. The zero-order chi connectivity index (χ0) is 16.9. The number of imidazole rings is 1. The van der Waals surface area contributed by atoms with E-state index in [4.69, 9.17) is 0 Å². The minimum atomic E-state index is -0.283. The summed E-state index contributed by atoms with van der Waals surface area (Å²) in [5.41, 5.74) is 0.832. The van der Waals surface area contributed by atoms with Crippen LogP contribution in [0.25, 0.3) is 0 Å². The van der Waals surface area contributed by atoms with Crippen molar-refractivity contribution in [2.75, 3.05) is 18.0 Å². The lowest BCUT2D eigenvalue weighted by atomic mass is 10.1. The Hall–Kier alpha value is -2.15. The van der Waals surface area contributed by atoms with Gasteiger partial charge in [0.2, 0.25) is 11.8 Å². The largest absolute Gasteiger partial charge is 0.356 e. The number of benzene rings is 1. The molecule has 0 radical (unpaired) electrons. The summed E-state index contributed by atoms with van der Waals surface area (Å²) in [5, 5.41) is 2.93. The lowest BCUT2D eigenvalue weighted by Gasteiger charge is -2.16. The van der Waals surface area contributed by atoms with Gasteiger partial charge in [0.05, 0.1) is 12.2 Å². The van der Waals surface area contributed by atoms with Gasteiger partial charge in [-0.15, -0.1) is 0 Å². The van der Waals surface area contributed by atoms with Gasteiger partial charge in [-0.3, -0.25) is 9.59 Å². The maximum atomic E-state index is 12.3. The molecule has 2 amide bonds. The standard InChI is InChI=1S/C17H19BrN4O2/c18-14-2-4-15(5-3-14)22-11-13(10-16(22)23)17(24)20-6-1-8-21-9-7-19-12-21/h2-5,7,9,12-13H,1,6,8,10-11H2,(H,20,24)/t13-/m1/s1. The Bertz CT molecular complexity index is 700. The van der Waals surface area contributed by atoms with E-state index in [1.54, 1.807) is 17.4 Å². The van der Waals surface area contributed by atoms with E-state index in [1.165, 1.54) is 0 Å². The van der Waals surface area contributed by atoms with Gasteiger partial charge in [0.25, 0.3) is 0 Å². The smallest absolute Gasteiger partial charge is 0.227 e. The van der Waals surface area contributed by atoms with Crippen LogP contribution in [0.3, 0.4) is 0 Å². The predicted octanol–water partition coefficient (Wildman–Crippen LogP) is 2.20.